The van der Waals surface area contributed by atoms with Gasteiger partial charge in [-0.25, -0.2) is 19.2 Å². The van der Waals surface area contributed by atoms with Crippen molar-refractivity contribution < 1.29 is 39.6 Å². The number of aliphatic carboxylic acids is 4. The Morgan fingerprint density at radius 1 is 0.829 bits per heavy atom. The van der Waals surface area contributed by atoms with Crippen molar-refractivity contribution in [3.63, 3.8) is 0 Å². The summed E-state index contributed by atoms with van der Waals surface area (Å²) in [5.74, 6) is -5.03. The lowest BCUT2D eigenvalue weighted by Gasteiger charge is -2.44. The van der Waals surface area contributed by atoms with Gasteiger partial charge in [-0.2, -0.15) is 5.26 Å². The van der Waals surface area contributed by atoms with Gasteiger partial charge in [-0.05, 0) is 63.0 Å². The molecule has 0 radical (unpaired) electrons. The molecule has 0 bridgehead atoms. The largest absolute Gasteiger partial charge is 0.478 e. The van der Waals surface area contributed by atoms with Crippen LogP contribution in [-0.4, -0.2) is 97.4 Å². The summed E-state index contributed by atoms with van der Waals surface area (Å²) in [6.45, 7) is 7.44. The predicted molar refractivity (Wildman–Crippen MR) is 150 cm³/mol. The number of fused-ring (bicyclic) bond motifs is 2. The van der Waals surface area contributed by atoms with Crippen LogP contribution in [0.5, 0.6) is 0 Å². The monoisotopic (exact) mass is 568 g/mol. The van der Waals surface area contributed by atoms with E-state index in [2.05, 4.69) is 38.8 Å². The lowest BCUT2D eigenvalue weighted by Crippen LogP contribution is -2.54. The van der Waals surface area contributed by atoms with E-state index in [0.29, 0.717) is 24.3 Å². The van der Waals surface area contributed by atoms with E-state index in [1.807, 2.05) is 12.1 Å². The number of carboxylic acid groups (broad SMARTS) is 4. The Bertz CT molecular complexity index is 1230. The number of carbonyl (C=O) groups is 4. The van der Waals surface area contributed by atoms with Crippen molar-refractivity contribution in [3.05, 3.63) is 60.3 Å². The predicted octanol–water partition coefficient (Wildman–Crippen LogP) is 2.89. The number of rotatable bonds is 9. The summed E-state index contributed by atoms with van der Waals surface area (Å²) in [5.41, 5.74) is 1.99. The molecular formula is C29H36N4O8. The third kappa shape index (κ3) is 12.5. The van der Waals surface area contributed by atoms with Crippen molar-refractivity contribution >= 4 is 34.8 Å². The van der Waals surface area contributed by atoms with Crippen LogP contribution in [0.2, 0.25) is 0 Å². The second-order valence-corrected chi connectivity index (χ2v) is 9.61. The Labute approximate surface area is 238 Å². The number of carboxylic acids is 4. The SMILES string of the molecule is N#Cc1ccc2c(ccn2CCCCN2CCN3CCCCC3C2)c1.O=C(O)C=CC(=O)O.O=C(O)C=CC(=O)O. The molecule has 12 nitrogen and oxygen atoms in total. The summed E-state index contributed by atoms with van der Waals surface area (Å²) in [5, 5.41) is 41.4. The van der Waals surface area contributed by atoms with Crippen molar-refractivity contribution in [1.29, 1.82) is 5.26 Å². The van der Waals surface area contributed by atoms with Crippen LogP contribution >= 0.6 is 0 Å². The molecule has 1 aromatic heterocycles. The maximum atomic E-state index is 9.55. The maximum absolute atomic E-state index is 9.55. The van der Waals surface area contributed by atoms with Gasteiger partial charge in [-0.1, -0.05) is 6.42 Å². The first-order valence-electron chi connectivity index (χ1n) is 13.3. The fraction of sp³-hybridized carbons (Fsp3) is 0.414. The number of hydrogen-bond acceptors (Lipinski definition) is 7. The second kappa shape index (κ2) is 17.3. The smallest absolute Gasteiger partial charge is 0.328 e. The molecule has 12 heteroatoms. The van der Waals surface area contributed by atoms with E-state index < -0.39 is 23.9 Å². The molecule has 0 spiro atoms. The number of piperazine rings is 1. The zero-order chi connectivity index (χ0) is 30.2. The lowest BCUT2D eigenvalue weighted by molar-refractivity contribution is -0.134. The first-order chi connectivity index (χ1) is 19.6. The van der Waals surface area contributed by atoms with Crippen LogP contribution in [0.3, 0.4) is 0 Å². The molecule has 2 aromatic rings. The van der Waals surface area contributed by atoms with Crippen LogP contribution < -0.4 is 0 Å². The van der Waals surface area contributed by atoms with Crippen molar-refractivity contribution in [2.24, 2.45) is 0 Å². The topological polar surface area (TPSA) is 184 Å². The van der Waals surface area contributed by atoms with Gasteiger partial charge in [0.15, 0.2) is 0 Å². The zero-order valence-corrected chi connectivity index (χ0v) is 22.8. The fourth-order valence-electron chi connectivity index (χ4n) is 4.79. The minimum Gasteiger partial charge on any atom is -0.478 e. The highest BCUT2D eigenvalue weighted by atomic mass is 16.4. The Morgan fingerprint density at radius 3 is 2.02 bits per heavy atom. The van der Waals surface area contributed by atoms with Gasteiger partial charge in [0, 0.05) is 73.6 Å². The molecule has 3 heterocycles. The minimum atomic E-state index is -1.26. The molecule has 220 valence electrons. The minimum absolute atomic E-state index is 0.558. The van der Waals surface area contributed by atoms with E-state index >= 15 is 0 Å². The molecule has 1 atom stereocenters. The Balaban J connectivity index is 0.000000304. The molecule has 4 N–H and O–H groups in total. The van der Waals surface area contributed by atoms with E-state index in [4.69, 9.17) is 25.7 Å². The molecule has 41 heavy (non-hydrogen) atoms. The molecule has 0 saturated carbocycles. The average Bonchev–Trinajstić information content (AvgIpc) is 3.35. The number of unbranched alkanes of at least 4 members (excludes halogenated alkanes) is 1. The zero-order valence-electron chi connectivity index (χ0n) is 22.8. The lowest BCUT2D eigenvalue weighted by atomic mass is 9.99. The summed E-state index contributed by atoms with van der Waals surface area (Å²) in [6, 6.07) is 11.1. The van der Waals surface area contributed by atoms with Gasteiger partial charge < -0.3 is 29.9 Å². The van der Waals surface area contributed by atoms with Crippen LogP contribution in [0.4, 0.5) is 0 Å². The average molecular weight is 569 g/mol. The Morgan fingerprint density at radius 2 is 1.44 bits per heavy atom. The molecule has 2 fully saturated rings. The first kappa shape index (κ1) is 32.7. The number of aryl methyl sites for hydroxylation is 1. The van der Waals surface area contributed by atoms with E-state index in [9.17, 15) is 19.2 Å². The van der Waals surface area contributed by atoms with Gasteiger partial charge in [0.2, 0.25) is 0 Å². The van der Waals surface area contributed by atoms with Crippen LogP contribution in [-0.2, 0) is 25.7 Å². The van der Waals surface area contributed by atoms with Crippen molar-refractivity contribution in [2.75, 3.05) is 32.7 Å². The molecule has 1 unspecified atom stereocenters. The number of nitriles is 1. The quantitative estimate of drug-likeness (QED) is 0.257. The summed E-state index contributed by atoms with van der Waals surface area (Å²) >= 11 is 0. The highest BCUT2D eigenvalue weighted by Gasteiger charge is 2.28. The number of piperidine rings is 1. The Kier molecular flexibility index (Phi) is 13.8. The van der Waals surface area contributed by atoms with Gasteiger partial charge in [0.25, 0.3) is 0 Å². The molecular weight excluding hydrogens is 532 g/mol. The fourth-order valence-corrected chi connectivity index (χ4v) is 4.79. The second-order valence-electron chi connectivity index (χ2n) is 9.61. The van der Waals surface area contributed by atoms with Crippen LogP contribution in [0.1, 0.15) is 37.7 Å². The molecule has 2 aliphatic heterocycles. The maximum Gasteiger partial charge on any atom is 0.328 e. The third-order valence-electron chi connectivity index (χ3n) is 6.68. The van der Waals surface area contributed by atoms with Gasteiger partial charge in [-0.15, -0.1) is 0 Å². The number of aromatic nitrogens is 1. The van der Waals surface area contributed by atoms with Crippen molar-refractivity contribution in [2.45, 2.75) is 44.7 Å². The third-order valence-corrected chi connectivity index (χ3v) is 6.68. The van der Waals surface area contributed by atoms with Crippen molar-refractivity contribution in [1.82, 2.24) is 14.4 Å². The highest BCUT2D eigenvalue weighted by molar-refractivity contribution is 5.90. The van der Waals surface area contributed by atoms with E-state index in [1.165, 1.54) is 75.7 Å². The number of benzene rings is 1. The highest BCUT2D eigenvalue weighted by Crippen LogP contribution is 2.22. The molecule has 0 aliphatic carbocycles. The summed E-state index contributed by atoms with van der Waals surface area (Å²) in [6.07, 6.45) is 11.1. The van der Waals surface area contributed by atoms with E-state index in [1.54, 1.807) is 0 Å². The number of hydrogen-bond donors (Lipinski definition) is 4. The molecule has 4 rings (SSSR count). The van der Waals surface area contributed by atoms with Crippen molar-refractivity contribution in [3.8, 4) is 6.07 Å². The molecule has 0 amide bonds. The van der Waals surface area contributed by atoms with Crippen LogP contribution in [0, 0.1) is 11.3 Å². The molecule has 2 aliphatic rings. The van der Waals surface area contributed by atoms with Gasteiger partial charge in [0.1, 0.15) is 0 Å². The molecule has 2 saturated heterocycles. The van der Waals surface area contributed by atoms with E-state index in [-0.39, 0.29) is 0 Å². The summed E-state index contributed by atoms with van der Waals surface area (Å²) in [4.78, 5) is 43.6. The normalized spacial score (nSPS) is 17.1. The molecule has 1 aromatic carbocycles. The summed E-state index contributed by atoms with van der Waals surface area (Å²) < 4.78 is 2.33. The van der Waals surface area contributed by atoms with Crippen LogP contribution in [0.15, 0.2) is 54.8 Å². The van der Waals surface area contributed by atoms with Gasteiger partial charge in [0.05, 0.1) is 11.6 Å². The van der Waals surface area contributed by atoms with Gasteiger partial charge in [-0.3, -0.25) is 4.90 Å². The van der Waals surface area contributed by atoms with Crippen LogP contribution in [0.25, 0.3) is 10.9 Å². The van der Waals surface area contributed by atoms with Gasteiger partial charge >= 0.3 is 23.9 Å². The van der Waals surface area contributed by atoms with E-state index in [0.717, 1.165) is 18.2 Å². The first-order valence-corrected chi connectivity index (χ1v) is 13.3. The summed E-state index contributed by atoms with van der Waals surface area (Å²) in [7, 11) is 0. The Hall–Kier alpha value is -4.47. The number of nitrogens with zero attached hydrogens (tertiary/aromatic N) is 4. The standard InChI is InChI=1S/C21H28N4.2C4H4O4/c22-16-18-6-7-21-19(15-18)8-12-25(21)11-4-3-9-23-13-14-24-10-2-1-5-20(24)17-23;2*5-3(6)1-2-4(7)8/h6-8,12,15,20H,1-5,9-11,13-14,17H2;2*1-2H,(H,5,6)(H,7,8).